The average molecular weight is 447 g/mol. The minimum Gasteiger partial charge on any atom is -0.494 e. The van der Waals surface area contributed by atoms with E-state index in [4.69, 9.17) is 16.3 Å². The van der Waals surface area contributed by atoms with Crippen LogP contribution in [0.4, 0.5) is 5.69 Å². The Kier molecular flexibility index (Phi) is 6.23. The second kappa shape index (κ2) is 9.24. The smallest absolute Gasteiger partial charge is 0.295 e. The number of amides is 1. The van der Waals surface area contributed by atoms with E-state index in [1.807, 2.05) is 75.4 Å². The van der Waals surface area contributed by atoms with E-state index >= 15 is 0 Å². The predicted molar refractivity (Wildman–Crippen MR) is 127 cm³/mol. The molecule has 1 amide bonds. The van der Waals surface area contributed by atoms with Gasteiger partial charge in [0, 0.05) is 16.3 Å². The van der Waals surface area contributed by atoms with Crippen molar-refractivity contribution in [2.75, 3.05) is 11.9 Å². The largest absolute Gasteiger partial charge is 0.494 e. The minimum absolute atomic E-state index is 0.0621. The van der Waals surface area contributed by atoms with Crippen molar-refractivity contribution in [1.29, 1.82) is 0 Å². The first kappa shape index (κ1) is 21.6. The first-order valence-electron chi connectivity index (χ1n) is 10.3. The molecule has 7 heteroatoms. The standard InChI is InChI=1S/C25H23ClN4O2/c1-4-32-22-12-10-21(11-13-22)30-24(18-6-5-7-19(26)15-18)28-23(29-30)25(31)27-20-9-8-16(2)17(3)14-20/h5-15H,4H2,1-3H3,(H,27,31). The summed E-state index contributed by atoms with van der Waals surface area (Å²) in [4.78, 5) is 17.5. The van der Waals surface area contributed by atoms with E-state index < -0.39 is 0 Å². The van der Waals surface area contributed by atoms with Gasteiger partial charge in [-0.2, -0.15) is 0 Å². The summed E-state index contributed by atoms with van der Waals surface area (Å²) in [7, 11) is 0. The maximum atomic E-state index is 12.9. The van der Waals surface area contributed by atoms with E-state index in [2.05, 4.69) is 15.4 Å². The summed E-state index contributed by atoms with van der Waals surface area (Å²) in [6.45, 7) is 6.54. The number of rotatable bonds is 6. The summed E-state index contributed by atoms with van der Waals surface area (Å²) >= 11 is 6.20. The summed E-state index contributed by atoms with van der Waals surface area (Å²) in [5.74, 6) is 0.948. The Bertz CT molecular complexity index is 1270. The fraction of sp³-hybridized carbons (Fsp3) is 0.160. The maximum Gasteiger partial charge on any atom is 0.295 e. The maximum absolute atomic E-state index is 12.9. The Morgan fingerprint density at radius 2 is 1.81 bits per heavy atom. The normalized spacial score (nSPS) is 10.8. The second-order valence-corrected chi connectivity index (χ2v) is 7.80. The van der Waals surface area contributed by atoms with E-state index in [-0.39, 0.29) is 11.7 Å². The SMILES string of the molecule is CCOc1ccc(-n2nc(C(=O)Nc3ccc(C)c(C)c3)nc2-c2cccc(Cl)c2)cc1. The van der Waals surface area contributed by atoms with E-state index in [0.717, 1.165) is 28.1 Å². The molecule has 4 aromatic rings. The van der Waals surface area contributed by atoms with Gasteiger partial charge >= 0.3 is 0 Å². The molecular formula is C25H23ClN4O2. The molecule has 0 unspecified atom stereocenters. The summed E-state index contributed by atoms with van der Waals surface area (Å²) in [6.07, 6.45) is 0. The number of nitrogens with zero attached hydrogens (tertiary/aromatic N) is 3. The van der Waals surface area contributed by atoms with Crippen molar-refractivity contribution in [2.45, 2.75) is 20.8 Å². The zero-order valence-corrected chi connectivity index (χ0v) is 18.8. The van der Waals surface area contributed by atoms with Crippen LogP contribution in [-0.4, -0.2) is 27.3 Å². The monoisotopic (exact) mass is 446 g/mol. The summed E-state index contributed by atoms with van der Waals surface area (Å²) in [5.41, 5.74) is 4.45. The quantitative estimate of drug-likeness (QED) is 0.403. The molecule has 0 atom stereocenters. The molecule has 6 nitrogen and oxygen atoms in total. The lowest BCUT2D eigenvalue weighted by molar-refractivity contribution is 0.101. The van der Waals surface area contributed by atoms with Crippen LogP contribution >= 0.6 is 11.6 Å². The Balaban J connectivity index is 1.73. The van der Waals surface area contributed by atoms with Gasteiger partial charge in [-0.25, -0.2) is 9.67 Å². The van der Waals surface area contributed by atoms with E-state index in [9.17, 15) is 4.79 Å². The molecule has 1 heterocycles. The number of anilines is 1. The van der Waals surface area contributed by atoms with Crippen LogP contribution in [0.25, 0.3) is 17.1 Å². The van der Waals surface area contributed by atoms with Crippen LogP contribution in [0.2, 0.25) is 5.02 Å². The highest BCUT2D eigenvalue weighted by atomic mass is 35.5. The number of carbonyl (C=O) groups is 1. The van der Waals surface area contributed by atoms with E-state index in [1.54, 1.807) is 16.8 Å². The third-order valence-electron chi connectivity index (χ3n) is 5.05. The summed E-state index contributed by atoms with van der Waals surface area (Å²) in [5, 5.41) is 7.97. The molecule has 0 spiro atoms. The number of carbonyl (C=O) groups excluding carboxylic acids is 1. The highest BCUT2D eigenvalue weighted by molar-refractivity contribution is 6.30. The van der Waals surface area contributed by atoms with Crippen molar-refractivity contribution in [3.8, 4) is 22.8 Å². The number of halogens is 1. The van der Waals surface area contributed by atoms with Crippen LogP contribution in [0.3, 0.4) is 0 Å². The lowest BCUT2D eigenvalue weighted by atomic mass is 10.1. The number of hydrogen-bond donors (Lipinski definition) is 1. The van der Waals surface area contributed by atoms with Crippen LogP contribution in [0, 0.1) is 13.8 Å². The number of nitrogens with one attached hydrogen (secondary N) is 1. The highest BCUT2D eigenvalue weighted by Gasteiger charge is 2.19. The number of aryl methyl sites for hydroxylation is 2. The molecule has 0 fully saturated rings. The van der Waals surface area contributed by atoms with Gasteiger partial charge < -0.3 is 10.1 Å². The van der Waals surface area contributed by atoms with Crippen molar-refractivity contribution in [3.63, 3.8) is 0 Å². The molecule has 0 bridgehead atoms. The Hall–Kier alpha value is -3.64. The molecule has 3 aromatic carbocycles. The van der Waals surface area contributed by atoms with Gasteiger partial charge in [-0.05, 0) is 80.4 Å². The molecule has 162 valence electrons. The summed E-state index contributed by atoms with van der Waals surface area (Å²) < 4.78 is 7.16. The van der Waals surface area contributed by atoms with Crippen molar-refractivity contribution < 1.29 is 9.53 Å². The third-order valence-corrected chi connectivity index (χ3v) is 5.29. The van der Waals surface area contributed by atoms with Crippen LogP contribution < -0.4 is 10.1 Å². The Morgan fingerprint density at radius 3 is 2.50 bits per heavy atom. The molecule has 4 rings (SSSR count). The third kappa shape index (κ3) is 4.65. The zero-order chi connectivity index (χ0) is 22.7. The van der Waals surface area contributed by atoms with E-state index in [0.29, 0.717) is 23.1 Å². The van der Waals surface area contributed by atoms with Gasteiger partial charge in [0.25, 0.3) is 5.91 Å². The molecule has 1 N–H and O–H groups in total. The number of ether oxygens (including phenoxy) is 1. The van der Waals surface area contributed by atoms with Crippen LogP contribution in [0.15, 0.2) is 66.7 Å². The zero-order valence-electron chi connectivity index (χ0n) is 18.1. The van der Waals surface area contributed by atoms with Gasteiger partial charge in [-0.1, -0.05) is 29.8 Å². The predicted octanol–water partition coefficient (Wildman–Crippen LogP) is 5.86. The summed E-state index contributed by atoms with van der Waals surface area (Å²) in [6, 6.07) is 20.5. The lowest BCUT2D eigenvalue weighted by Gasteiger charge is -2.08. The highest BCUT2D eigenvalue weighted by Crippen LogP contribution is 2.25. The van der Waals surface area contributed by atoms with Crippen LogP contribution in [0.5, 0.6) is 5.75 Å². The fourth-order valence-corrected chi connectivity index (χ4v) is 3.45. The van der Waals surface area contributed by atoms with Gasteiger partial charge in [0.15, 0.2) is 5.82 Å². The number of benzene rings is 3. The number of hydrogen-bond acceptors (Lipinski definition) is 4. The fourth-order valence-electron chi connectivity index (χ4n) is 3.26. The van der Waals surface area contributed by atoms with Crippen molar-refractivity contribution in [1.82, 2.24) is 14.8 Å². The molecule has 1 aromatic heterocycles. The Labute approximate surface area is 191 Å². The molecule has 0 radical (unpaired) electrons. The molecule has 0 aliphatic carbocycles. The Morgan fingerprint density at radius 1 is 1.03 bits per heavy atom. The molecule has 0 saturated heterocycles. The van der Waals surface area contributed by atoms with Gasteiger partial charge in [0.2, 0.25) is 5.82 Å². The first-order chi connectivity index (χ1) is 15.4. The minimum atomic E-state index is -0.388. The lowest BCUT2D eigenvalue weighted by Crippen LogP contribution is -2.14. The number of aromatic nitrogens is 3. The van der Waals surface area contributed by atoms with Crippen molar-refractivity contribution in [2.24, 2.45) is 0 Å². The molecule has 0 aliphatic heterocycles. The second-order valence-electron chi connectivity index (χ2n) is 7.36. The average Bonchev–Trinajstić information content (AvgIpc) is 3.23. The van der Waals surface area contributed by atoms with E-state index in [1.165, 1.54) is 0 Å². The van der Waals surface area contributed by atoms with Crippen molar-refractivity contribution in [3.05, 3.63) is 88.7 Å². The van der Waals surface area contributed by atoms with Gasteiger partial charge in [-0.15, -0.1) is 5.10 Å². The molecule has 0 aliphatic rings. The van der Waals surface area contributed by atoms with Gasteiger partial charge in [0.1, 0.15) is 5.75 Å². The van der Waals surface area contributed by atoms with Crippen LogP contribution in [0.1, 0.15) is 28.7 Å². The van der Waals surface area contributed by atoms with Gasteiger partial charge in [-0.3, -0.25) is 4.79 Å². The molecular weight excluding hydrogens is 424 g/mol. The topological polar surface area (TPSA) is 69.0 Å². The molecule has 0 saturated carbocycles. The van der Waals surface area contributed by atoms with Crippen molar-refractivity contribution >= 4 is 23.2 Å². The van der Waals surface area contributed by atoms with Gasteiger partial charge in [0.05, 0.1) is 12.3 Å². The van der Waals surface area contributed by atoms with Crippen LogP contribution in [-0.2, 0) is 0 Å². The first-order valence-corrected chi connectivity index (χ1v) is 10.7. The molecule has 32 heavy (non-hydrogen) atoms.